The first-order chi connectivity index (χ1) is 11.9. The molecule has 0 amide bonds. The topological polar surface area (TPSA) is 64.0 Å². The molecule has 1 aromatic heterocycles. The summed E-state index contributed by atoms with van der Waals surface area (Å²) in [5.74, 6) is 0.116. The number of rotatable bonds is 5. The predicted octanol–water partition coefficient (Wildman–Crippen LogP) is 3.39. The number of aromatic nitrogens is 2. The lowest BCUT2D eigenvalue weighted by Gasteiger charge is -2.19. The number of hydrogen-bond donors (Lipinski definition) is 1. The molecule has 5 nitrogen and oxygen atoms in total. The second-order valence-electron chi connectivity index (χ2n) is 5.46. The van der Waals surface area contributed by atoms with Crippen LogP contribution in [0.3, 0.4) is 0 Å². The van der Waals surface area contributed by atoms with Gasteiger partial charge in [-0.1, -0.05) is 28.1 Å². The molecule has 0 aliphatic carbocycles. The number of benzene rings is 2. The second kappa shape index (κ2) is 7.07. The molecular formula is C17H15BrFN3O2S. The molecule has 0 radical (unpaired) electrons. The highest BCUT2D eigenvalue weighted by molar-refractivity contribution is 9.10. The molecule has 0 aliphatic heterocycles. The molecule has 3 aromatic rings. The summed E-state index contributed by atoms with van der Waals surface area (Å²) < 4.78 is 43.9. The number of halogens is 2. The first-order valence-electron chi connectivity index (χ1n) is 7.37. The van der Waals surface area contributed by atoms with Crippen LogP contribution < -0.4 is 4.72 Å². The molecular weight excluding hydrogens is 409 g/mol. The van der Waals surface area contributed by atoms with Crippen molar-refractivity contribution in [2.75, 3.05) is 0 Å². The predicted molar refractivity (Wildman–Crippen MR) is 95.9 cm³/mol. The van der Waals surface area contributed by atoms with E-state index in [0.29, 0.717) is 11.4 Å². The van der Waals surface area contributed by atoms with Crippen molar-refractivity contribution in [3.05, 3.63) is 82.6 Å². The normalized spacial score (nSPS) is 12.9. The summed E-state index contributed by atoms with van der Waals surface area (Å²) in [5.41, 5.74) is 0.594. The van der Waals surface area contributed by atoms with E-state index in [1.807, 2.05) is 0 Å². The molecule has 1 N–H and O–H groups in total. The maximum Gasteiger partial charge on any atom is 0.241 e. The largest absolute Gasteiger partial charge is 0.336 e. The van der Waals surface area contributed by atoms with Crippen LogP contribution in [-0.4, -0.2) is 18.0 Å². The molecule has 2 aromatic carbocycles. The molecule has 0 spiro atoms. The average molecular weight is 424 g/mol. The maximum absolute atomic E-state index is 13.2. The summed E-state index contributed by atoms with van der Waals surface area (Å²) in [6, 6.07) is 11.2. The summed E-state index contributed by atoms with van der Waals surface area (Å²) in [5, 5.41) is 0. The lowest BCUT2D eigenvalue weighted by atomic mass is 10.1. The summed E-state index contributed by atoms with van der Waals surface area (Å²) >= 11 is 3.28. The van der Waals surface area contributed by atoms with Crippen molar-refractivity contribution in [1.29, 1.82) is 0 Å². The third kappa shape index (κ3) is 3.97. The zero-order valence-corrected chi connectivity index (χ0v) is 15.6. The number of sulfonamides is 1. The van der Waals surface area contributed by atoms with Gasteiger partial charge in [0.1, 0.15) is 17.7 Å². The minimum absolute atomic E-state index is 0.136. The molecule has 25 heavy (non-hydrogen) atoms. The molecule has 8 heteroatoms. The third-order valence-electron chi connectivity index (χ3n) is 3.72. The van der Waals surface area contributed by atoms with Crippen LogP contribution in [0, 0.1) is 5.82 Å². The highest BCUT2D eigenvalue weighted by atomic mass is 79.9. The van der Waals surface area contributed by atoms with Crippen molar-refractivity contribution in [3.8, 4) is 0 Å². The van der Waals surface area contributed by atoms with E-state index in [1.54, 1.807) is 48.3 Å². The lowest BCUT2D eigenvalue weighted by Crippen LogP contribution is -2.31. The molecule has 3 rings (SSSR count). The van der Waals surface area contributed by atoms with Gasteiger partial charge in [0.15, 0.2) is 0 Å². The summed E-state index contributed by atoms with van der Waals surface area (Å²) in [6.07, 6.45) is 3.31. The molecule has 0 bridgehead atoms. The van der Waals surface area contributed by atoms with Gasteiger partial charge in [-0.2, -0.15) is 4.72 Å². The van der Waals surface area contributed by atoms with Crippen LogP contribution in [0.4, 0.5) is 4.39 Å². The van der Waals surface area contributed by atoms with Gasteiger partial charge < -0.3 is 4.57 Å². The standard InChI is InChI=1S/C17H15BrFN3O2S/c1-22-11-10-20-17(22)16(12-2-6-14(19)7-3-12)21-25(23,24)15-8-4-13(18)5-9-15/h2-11,16,21H,1H3/t16-/m1/s1. The number of aryl methyl sites for hydroxylation is 1. The minimum Gasteiger partial charge on any atom is -0.336 e. The Morgan fingerprint density at radius 1 is 1.12 bits per heavy atom. The molecule has 0 fully saturated rings. The monoisotopic (exact) mass is 423 g/mol. The number of imidazole rings is 1. The van der Waals surface area contributed by atoms with Crippen molar-refractivity contribution in [3.63, 3.8) is 0 Å². The Morgan fingerprint density at radius 3 is 2.32 bits per heavy atom. The molecule has 0 saturated heterocycles. The Bertz CT molecular complexity index is 970. The van der Waals surface area contributed by atoms with Crippen molar-refractivity contribution in [2.45, 2.75) is 10.9 Å². The van der Waals surface area contributed by atoms with Gasteiger partial charge in [0.2, 0.25) is 10.0 Å². The Hall–Kier alpha value is -2.03. The van der Waals surface area contributed by atoms with Gasteiger partial charge in [-0.05, 0) is 42.0 Å². The number of nitrogens with zero attached hydrogens (tertiary/aromatic N) is 2. The fourth-order valence-electron chi connectivity index (χ4n) is 2.42. The van der Waals surface area contributed by atoms with Crippen molar-refractivity contribution in [2.24, 2.45) is 7.05 Å². The van der Waals surface area contributed by atoms with Crippen LogP contribution in [0.5, 0.6) is 0 Å². The number of hydrogen-bond acceptors (Lipinski definition) is 3. The zero-order chi connectivity index (χ0) is 18.0. The van der Waals surface area contributed by atoms with E-state index in [1.165, 1.54) is 24.3 Å². The molecule has 0 aliphatic rings. The van der Waals surface area contributed by atoms with Gasteiger partial charge in [-0.15, -0.1) is 0 Å². The first kappa shape index (κ1) is 17.8. The lowest BCUT2D eigenvalue weighted by molar-refractivity contribution is 0.562. The van der Waals surface area contributed by atoms with Crippen LogP contribution >= 0.6 is 15.9 Å². The van der Waals surface area contributed by atoms with Crippen LogP contribution in [0.15, 0.2) is 70.3 Å². The minimum atomic E-state index is -3.80. The highest BCUT2D eigenvalue weighted by Crippen LogP contribution is 2.24. The van der Waals surface area contributed by atoms with E-state index >= 15 is 0 Å². The highest BCUT2D eigenvalue weighted by Gasteiger charge is 2.25. The van der Waals surface area contributed by atoms with Gasteiger partial charge in [0, 0.05) is 23.9 Å². The molecule has 1 atom stereocenters. The van der Waals surface area contributed by atoms with E-state index < -0.39 is 21.9 Å². The average Bonchev–Trinajstić information content (AvgIpc) is 3.00. The Morgan fingerprint density at radius 2 is 1.76 bits per heavy atom. The van der Waals surface area contributed by atoms with Gasteiger partial charge in [0.05, 0.1) is 4.90 Å². The van der Waals surface area contributed by atoms with E-state index in [-0.39, 0.29) is 4.90 Å². The van der Waals surface area contributed by atoms with E-state index in [0.717, 1.165) is 4.47 Å². The Kier molecular flexibility index (Phi) is 5.03. The van der Waals surface area contributed by atoms with E-state index in [2.05, 4.69) is 25.6 Å². The van der Waals surface area contributed by atoms with Gasteiger partial charge in [0.25, 0.3) is 0 Å². The van der Waals surface area contributed by atoms with Gasteiger partial charge in [-0.3, -0.25) is 0 Å². The Labute approximate surface area is 153 Å². The number of nitrogens with one attached hydrogen (secondary N) is 1. The zero-order valence-electron chi connectivity index (χ0n) is 13.2. The molecule has 1 heterocycles. The fraction of sp³-hybridized carbons (Fsp3) is 0.118. The molecule has 130 valence electrons. The van der Waals surface area contributed by atoms with Crippen molar-refractivity contribution >= 4 is 26.0 Å². The van der Waals surface area contributed by atoms with E-state index in [4.69, 9.17) is 0 Å². The van der Waals surface area contributed by atoms with Crippen molar-refractivity contribution < 1.29 is 12.8 Å². The summed E-state index contributed by atoms with van der Waals surface area (Å²) in [4.78, 5) is 4.38. The maximum atomic E-state index is 13.2. The smallest absolute Gasteiger partial charge is 0.241 e. The van der Waals surface area contributed by atoms with Gasteiger partial charge in [-0.25, -0.2) is 17.8 Å². The fourth-order valence-corrected chi connectivity index (χ4v) is 3.86. The second-order valence-corrected chi connectivity index (χ2v) is 8.09. The van der Waals surface area contributed by atoms with Crippen LogP contribution in [0.1, 0.15) is 17.4 Å². The van der Waals surface area contributed by atoms with Gasteiger partial charge >= 0.3 is 0 Å². The Balaban J connectivity index is 2.02. The molecule has 0 saturated carbocycles. The van der Waals surface area contributed by atoms with Crippen LogP contribution in [0.25, 0.3) is 0 Å². The van der Waals surface area contributed by atoms with E-state index in [9.17, 15) is 12.8 Å². The van der Waals surface area contributed by atoms with Crippen molar-refractivity contribution in [1.82, 2.24) is 14.3 Å². The summed E-state index contributed by atoms with van der Waals surface area (Å²) in [7, 11) is -2.02. The van der Waals surface area contributed by atoms with Crippen LogP contribution in [0.2, 0.25) is 0 Å². The molecule has 0 unspecified atom stereocenters. The summed E-state index contributed by atoms with van der Waals surface area (Å²) in [6.45, 7) is 0. The van der Waals surface area contributed by atoms with Crippen LogP contribution in [-0.2, 0) is 17.1 Å². The SMILES string of the molecule is Cn1ccnc1[C@H](NS(=O)(=O)c1ccc(Br)cc1)c1ccc(F)cc1. The first-order valence-corrected chi connectivity index (χ1v) is 9.65. The quantitative estimate of drug-likeness (QED) is 0.683. The third-order valence-corrected chi connectivity index (χ3v) is 5.68.